The van der Waals surface area contributed by atoms with Crippen LogP contribution in [0, 0.1) is 0 Å². The van der Waals surface area contributed by atoms with Gasteiger partial charge in [0.2, 0.25) is 0 Å². The van der Waals surface area contributed by atoms with Gasteiger partial charge >= 0.3 is 0 Å². The van der Waals surface area contributed by atoms with Crippen LogP contribution in [0.1, 0.15) is 0 Å². The maximum Gasteiger partial charge on any atom is 0.169 e. The van der Waals surface area contributed by atoms with E-state index in [0.717, 1.165) is 0 Å². The molecule has 1 aromatic rings. The molecule has 1 rings (SSSR count). The number of hydrogen-bond acceptors (Lipinski definition) is 5. The first-order valence-corrected chi connectivity index (χ1v) is 4.67. The summed E-state index contributed by atoms with van der Waals surface area (Å²) < 4.78 is 10.1. The lowest BCUT2D eigenvalue weighted by Gasteiger charge is -2.17. The third-order valence-corrected chi connectivity index (χ3v) is 1.92. The van der Waals surface area contributed by atoms with Crippen molar-refractivity contribution in [3.05, 3.63) is 18.3 Å². The van der Waals surface area contributed by atoms with Crippen molar-refractivity contribution in [2.45, 2.75) is 6.04 Å². The molecule has 0 saturated heterocycles. The molecule has 0 saturated carbocycles. The number of pyridine rings is 1. The standard InChI is InChI=1S/C10H16N2O3/c1-14-7-8(6-13)12-10-9(15-2)4-3-5-11-10/h3-5,8,13H,6-7H2,1-2H3,(H,11,12). The summed E-state index contributed by atoms with van der Waals surface area (Å²) in [5.41, 5.74) is 0. The number of anilines is 1. The molecule has 0 aliphatic rings. The van der Waals surface area contributed by atoms with E-state index < -0.39 is 0 Å². The number of methoxy groups -OCH3 is 2. The minimum absolute atomic E-state index is 0.0203. The maximum atomic E-state index is 9.07. The van der Waals surface area contributed by atoms with E-state index in [0.29, 0.717) is 18.2 Å². The van der Waals surface area contributed by atoms with Crippen LogP contribution in [0.25, 0.3) is 0 Å². The summed E-state index contributed by atoms with van der Waals surface area (Å²) in [7, 11) is 3.16. The molecule has 0 aliphatic carbocycles. The molecule has 1 heterocycles. The van der Waals surface area contributed by atoms with E-state index in [-0.39, 0.29) is 12.6 Å². The Morgan fingerprint density at radius 3 is 2.93 bits per heavy atom. The highest BCUT2D eigenvalue weighted by Crippen LogP contribution is 2.20. The third-order valence-electron chi connectivity index (χ3n) is 1.92. The van der Waals surface area contributed by atoms with Crippen molar-refractivity contribution >= 4 is 5.82 Å². The van der Waals surface area contributed by atoms with Crippen LogP contribution >= 0.6 is 0 Å². The monoisotopic (exact) mass is 212 g/mol. The fourth-order valence-electron chi connectivity index (χ4n) is 1.20. The number of nitrogens with zero attached hydrogens (tertiary/aromatic N) is 1. The van der Waals surface area contributed by atoms with Crippen molar-refractivity contribution in [3.8, 4) is 5.75 Å². The van der Waals surface area contributed by atoms with E-state index in [4.69, 9.17) is 14.6 Å². The topological polar surface area (TPSA) is 63.6 Å². The first-order valence-electron chi connectivity index (χ1n) is 4.67. The molecule has 0 spiro atoms. The van der Waals surface area contributed by atoms with E-state index in [9.17, 15) is 0 Å². The molecular formula is C10H16N2O3. The third kappa shape index (κ3) is 3.38. The Kier molecular flexibility index (Phi) is 4.86. The van der Waals surface area contributed by atoms with E-state index in [1.54, 1.807) is 32.5 Å². The minimum Gasteiger partial charge on any atom is -0.493 e. The molecule has 0 aliphatic heterocycles. The summed E-state index contributed by atoms with van der Waals surface area (Å²) in [5, 5.41) is 12.1. The van der Waals surface area contributed by atoms with E-state index >= 15 is 0 Å². The van der Waals surface area contributed by atoms with Gasteiger partial charge < -0.3 is 19.9 Å². The lowest BCUT2D eigenvalue weighted by Crippen LogP contribution is -2.29. The fourth-order valence-corrected chi connectivity index (χ4v) is 1.20. The first kappa shape index (κ1) is 11.7. The molecule has 0 fully saturated rings. The zero-order chi connectivity index (χ0) is 11.1. The lowest BCUT2D eigenvalue weighted by atomic mass is 10.3. The molecule has 0 bridgehead atoms. The second kappa shape index (κ2) is 6.21. The summed E-state index contributed by atoms with van der Waals surface area (Å²) in [6, 6.07) is 3.41. The van der Waals surface area contributed by atoms with Crippen LogP contribution < -0.4 is 10.1 Å². The van der Waals surface area contributed by atoms with Gasteiger partial charge in [-0.3, -0.25) is 0 Å². The number of aromatic nitrogens is 1. The SMILES string of the molecule is COCC(CO)Nc1ncccc1OC. The van der Waals surface area contributed by atoms with Crippen molar-refractivity contribution in [1.29, 1.82) is 0 Å². The Morgan fingerprint density at radius 2 is 2.33 bits per heavy atom. The van der Waals surface area contributed by atoms with Crippen molar-refractivity contribution in [2.75, 3.05) is 32.8 Å². The first-order chi connectivity index (χ1) is 7.31. The van der Waals surface area contributed by atoms with Gasteiger partial charge in [0.25, 0.3) is 0 Å². The summed E-state index contributed by atoms with van der Waals surface area (Å²) in [4.78, 5) is 4.12. The van der Waals surface area contributed by atoms with Gasteiger partial charge in [0.05, 0.1) is 26.4 Å². The molecule has 2 N–H and O–H groups in total. The Balaban J connectivity index is 2.69. The quantitative estimate of drug-likeness (QED) is 0.719. The fraction of sp³-hybridized carbons (Fsp3) is 0.500. The zero-order valence-corrected chi connectivity index (χ0v) is 8.93. The minimum atomic E-state index is -0.182. The Morgan fingerprint density at radius 1 is 1.53 bits per heavy atom. The van der Waals surface area contributed by atoms with Crippen LogP contribution in [-0.2, 0) is 4.74 Å². The number of aliphatic hydroxyl groups excluding tert-OH is 1. The molecule has 0 aromatic carbocycles. The van der Waals surface area contributed by atoms with Gasteiger partial charge in [-0.15, -0.1) is 0 Å². The Bertz CT molecular complexity index is 294. The van der Waals surface area contributed by atoms with Gasteiger partial charge in [0.15, 0.2) is 11.6 Å². The lowest BCUT2D eigenvalue weighted by molar-refractivity contribution is 0.153. The van der Waals surface area contributed by atoms with E-state index in [1.807, 2.05) is 0 Å². The van der Waals surface area contributed by atoms with Gasteiger partial charge in [0, 0.05) is 13.3 Å². The number of ether oxygens (including phenoxy) is 2. The van der Waals surface area contributed by atoms with Crippen LogP contribution in [0.2, 0.25) is 0 Å². The number of nitrogens with one attached hydrogen (secondary N) is 1. The highest BCUT2D eigenvalue weighted by molar-refractivity contribution is 5.50. The molecule has 0 amide bonds. The molecular weight excluding hydrogens is 196 g/mol. The van der Waals surface area contributed by atoms with Gasteiger partial charge in [-0.05, 0) is 12.1 Å². The average molecular weight is 212 g/mol. The largest absolute Gasteiger partial charge is 0.493 e. The zero-order valence-electron chi connectivity index (χ0n) is 8.93. The Labute approximate surface area is 89.0 Å². The number of aliphatic hydroxyl groups is 1. The summed E-state index contributed by atoms with van der Waals surface area (Å²) in [5.74, 6) is 1.25. The van der Waals surface area contributed by atoms with Gasteiger partial charge in [-0.2, -0.15) is 0 Å². The molecule has 0 radical (unpaired) electrons. The highest BCUT2D eigenvalue weighted by atomic mass is 16.5. The molecule has 5 heteroatoms. The molecule has 1 unspecified atom stereocenters. The van der Waals surface area contributed by atoms with Crippen LogP contribution in [0.5, 0.6) is 5.75 Å². The summed E-state index contributed by atoms with van der Waals surface area (Å²) >= 11 is 0. The van der Waals surface area contributed by atoms with Gasteiger partial charge in [-0.1, -0.05) is 0 Å². The summed E-state index contributed by atoms with van der Waals surface area (Å²) in [6.07, 6.45) is 1.66. The van der Waals surface area contributed by atoms with Crippen LogP contribution in [0.15, 0.2) is 18.3 Å². The number of rotatable bonds is 6. The predicted molar refractivity (Wildman–Crippen MR) is 57.2 cm³/mol. The van der Waals surface area contributed by atoms with Crippen molar-refractivity contribution in [3.63, 3.8) is 0 Å². The second-order valence-corrected chi connectivity index (χ2v) is 3.03. The summed E-state index contributed by atoms with van der Waals surface area (Å²) in [6.45, 7) is 0.393. The van der Waals surface area contributed by atoms with Crippen molar-refractivity contribution in [2.24, 2.45) is 0 Å². The molecule has 84 valence electrons. The maximum absolute atomic E-state index is 9.07. The van der Waals surface area contributed by atoms with Crippen LogP contribution in [0.3, 0.4) is 0 Å². The molecule has 15 heavy (non-hydrogen) atoms. The van der Waals surface area contributed by atoms with E-state index in [2.05, 4.69) is 10.3 Å². The van der Waals surface area contributed by atoms with Gasteiger partial charge in [-0.25, -0.2) is 4.98 Å². The Hall–Kier alpha value is -1.33. The van der Waals surface area contributed by atoms with Crippen molar-refractivity contribution in [1.82, 2.24) is 4.98 Å². The molecule has 1 aromatic heterocycles. The van der Waals surface area contributed by atoms with Gasteiger partial charge in [0.1, 0.15) is 0 Å². The molecule has 1 atom stereocenters. The predicted octanol–water partition coefficient (Wildman–Crippen LogP) is 0.509. The van der Waals surface area contributed by atoms with Crippen LogP contribution in [-0.4, -0.2) is 43.6 Å². The smallest absolute Gasteiger partial charge is 0.169 e. The van der Waals surface area contributed by atoms with Crippen molar-refractivity contribution < 1.29 is 14.6 Å². The molecule has 5 nitrogen and oxygen atoms in total. The normalized spacial score (nSPS) is 12.2. The second-order valence-electron chi connectivity index (χ2n) is 3.03. The highest BCUT2D eigenvalue weighted by Gasteiger charge is 2.10. The average Bonchev–Trinajstić information content (AvgIpc) is 2.29. The van der Waals surface area contributed by atoms with Crippen LogP contribution in [0.4, 0.5) is 5.82 Å². The van der Waals surface area contributed by atoms with E-state index in [1.165, 1.54) is 0 Å². The number of hydrogen-bond donors (Lipinski definition) is 2.